The third-order valence-corrected chi connectivity index (χ3v) is 2.81. The number of carboxylic acid groups (broad SMARTS) is 1. The molecule has 0 atom stereocenters. The van der Waals surface area contributed by atoms with E-state index in [1.54, 1.807) is 25.1 Å². The Balaban J connectivity index is 2.80. The van der Waals surface area contributed by atoms with Crippen LogP contribution in [0, 0.1) is 0 Å². The summed E-state index contributed by atoms with van der Waals surface area (Å²) < 4.78 is 5.83. The number of aliphatic carboxylic acids is 1. The van der Waals surface area contributed by atoms with E-state index < -0.39 is 12.0 Å². The Hall–Kier alpha value is -1.76. The number of carboxylic acids is 1. The van der Waals surface area contributed by atoms with Crippen molar-refractivity contribution in [1.29, 1.82) is 0 Å². The van der Waals surface area contributed by atoms with Gasteiger partial charge in [0.05, 0.1) is 7.11 Å². The van der Waals surface area contributed by atoms with E-state index in [9.17, 15) is 9.59 Å². The largest absolute Gasteiger partial charge is 0.497 e. The van der Waals surface area contributed by atoms with Crippen molar-refractivity contribution in [1.82, 2.24) is 4.90 Å². The minimum atomic E-state index is -1.05. The van der Waals surface area contributed by atoms with Crippen LogP contribution >= 0.6 is 15.9 Å². The summed E-state index contributed by atoms with van der Waals surface area (Å²) in [4.78, 5) is 23.7. The Morgan fingerprint density at radius 3 is 2.63 bits per heavy atom. The molecule has 0 aliphatic carbocycles. The molecule has 0 spiro atoms. The zero-order valence-corrected chi connectivity index (χ0v) is 12.2. The molecule has 0 heterocycles. The van der Waals surface area contributed by atoms with Gasteiger partial charge in [-0.15, -0.1) is 0 Å². The van der Waals surface area contributed by atoms with Gasteiger partial charge in [0.2, 0.25) is 0 Å². The molecule has 0 saturated heterocycles. The summed E-state index contributed by atoms with van der Waals surface area (Å²) in [6.45, 7) is 1.68. The molecule has 2 N–H and O–H groups in total. The summed E-state index contributed by atoms with van der Waals surface area (Å²) in [6.07, 6.45) is 0. The predicted octanol–water partition coefficient (Wildman–Crippen LogP) is 2.40. The third-order valence-electron chi connectivity index (χ3n) is 2.35. The quantitative estimate of drug-likeness (QED) is 0.868. The van der Waals surface area contributed by atoms with Crippen LogP contribution in [0.5, 0.6) is 5.75 Å². The van der Waals surface area contributed by atoms with Crippen molar-refractivity contribution in [2.24, 2.45) is 0 Å². The van der Waals surface area contributed by atoms with Crippen LogP contribution in [0.1, 0.15) is 6.92 Å². The number of carbonyl (C=O) groups excluding carboxylic acids is 1. The normalized spacial score (nSPS) is 9.84. The number of nitrogens with zero attached hydrogens (tertiary/aromatic N) is 1. The van der Waals surface area contributed by atoms with E-state index in [0.29, 0.717) is 18.0 Å². The molecule has 7 heteroatoms. The van der Waals surface area contributed by atoms with E-state index in [4.69, 9.17) is 9.84 Å². The van der Waals surface area contributed by atoms with Crippen LogP contribution in [0.25, 0.3) is 0 Å². The van der Waals surface area contributed by atoms with E-state index >= 15 is 0 Å². The van der Waals surface area contributed by atoms with Crippen LogP contribution in [0.4, 0.5) is 10.5 Å². The van der Waals surface area contributed by atoms with E-state index in [1.807, 2.05) is 0 Å². The number of benzene rings is 1. The average Bonchev–Trinajstić information content (AvgIpc) is 2.34. The highest BCUT2D eigenvalue weighted by Gasteiger charge is 2.15. The monoisotopic (exact) mass is 330 g/mol. The maximum Gasteiger partial charge on any atom is 0.323 e. The van der Waals surface area contributed by atoms with Crippen LogP contribution in [0.15, 0.2) is 22.7 Å². The molecule has 0 radical (unpaired) electrons. The first-order chi connectivity index (χ1) is 8.96. The molecule has 0 aromatic heterocycles. The number of methoxy groups -OCH3 is 1. The third kappa shape index (κ3) is 4.78. The molecule has 19 heavy (non-hydrogen) atoms. The number of nitrogens with one attached hydrogen (secondary N) is 1. The van der Waals surface area contributed by atoms with Crippen LogP contribution in [-0.2, 0) is 4.79 Å². The van der Waals surface area contributed by atoms with Gasteiger partial charge in [0.25, 0.3) is 0 Å². The minimum absolute atomic E-state index is 0.309. The summed E-state index contributed by atoms with van der Waals surface area (Å²) in [5.41, 5.74) is 0.528. The van der Waals surface area contributed by atoms with E-state index in [1.165, 1.54) is 12.0 Å². The van der Waals surface area contributed by atoms with Gasteiger partial charge in [-0.3, -0.25) is 4.79 Å². The van der Waals surface area contributed by atoms with E-state index in [0.717, 1.165) is 4.47 Å². The highest BCUT2D eigenvalue weighted by Crippen LogP contribution is 2.24. The maximum absolute atomic E-state index is 11.9. The molecule has 0 aliphatic heterocycles. The van der Waals surface area contributed by atoms with Gasteiger partial charge in [-0.05, 0) is 19.1 Å². The topological polar surface area (TPSA) is 78.9 Å². The van der Waals surface area contributed by atoms with Crippen LogP contribution in [0.2, 0.25) is 0 Å². The average molecular weight is 331 g/mol. The number of ether oxygens (including phenoxy) is 1. The second-order valence-corrected chi connectivity index (χ2v) is 4.63. The molecule has 1 aromatic rings. The Kier molecular flexibility index (Phi) is 5.62. The number of amides is 2. The molecule has 6 nitrogen and oxygen atoms in total. The fourth-order valence-corrected chi connectivity index (χ4v) is 1.92. The molecule has 0 saturated carbocycles. The Morgan fingerprint density at radius 1 is 1.42 bits per heavy atom. The summed E-state index contributed by atoms with van der Waals surface area (Å²) in [7, 11) is 1.52. The first-order valence-electron chi connectivity index (χ1n) is 5.58. The molecule has 1 rings (SSSR count). The van der Waals surface area contributed by atoms with E-state index in [-0.39, 0.29) is 6.54 Å². The molecular weight excluding hydrogens is 316 g/mol. The van der Waals surface area contributed by atoms with Gasteiger partial charge < -0.3 is 20.1 Å². The van der Waals surface area contributed by atoms with Crippen molar-refractivity contribution >= 4 is 33.6 Å². The summed E-state index contributed by atoms with van der Waals surface area (Å²) >= 11 is 3.30. The SMILES string of the molecule is CCN(CC(=O)O)C(=O)Nc1cc(Br)cc(OC)c1. The Bertz CT molecular complexity index is 479. The molecule has 0 fully saturated rings. The van der Waals surface area contributed by atoms with Crippen LogP contribution in [-0.4, -0.2) is 42.2 Å². The zero-order chi connectivity index (χ0) is 14.4. The molecule has 104 valence electrons. The molecule has 0 aliphatic rings. The highest BCUT2D eigenvalue weighted by atomic mass is 79.9. The standard InChI is InChI=1S/C12H15BrN2O4/c1-3-15(7-11(16)17)12(18)14-9-4-8(13)5-10(6-9)19-2/h4-6H,3,7H2,1-2H3,(H,14,18)(H,16,17). The number of hydrogen-bond donors (Lipinski definition) is 2. The lowest BCUT2D eigenvalue weighted by molar-refractivity contribution is -0.137. The first-order valence-corrected chi connectivity index (χ1v) is 6.37. The summed E-state index contributed by atoms with van der Waals surface area (Å²) in [5, 5.41) is 11.3. The van der Waals surface area contributed by atoms with Gasteiger partial charge in [-0.25, -0.2) is 4.79 Å². The van der Waals surface area contributed by atoms with Gasteiger partial charge in [0.1, 0.15) is 12.3 Å². The fraction of sp³-hybridized carbons (Fsp3) is 0.333. The maximum atomic E-state index is 11.9. The predicted molar refractivity (Wildman–Crippen MR) is 74.6 cm³/mol. The highest BCUT2D eigenvalue weighted by molar-refractivity contribution is 9.10. The van der Waals surface area contributed by atoms with Gasteiger partial charge in [-0.2, -0.15) is 0 Å². The number of halogens is 1. The van der Waals surface area contributed by atoms with Crippen molar-refractivity contribution in [3.05, 3.63) is 22.7 Å². The molecule has 1 aromatic carbocycles. The van der Waals surface area contributed by atoms with Crippen molar-refractivity contribution < 1.29 is 19.4 Å². The number of likely N-dealkylation sites (N-methyl/N-ethyl adjacent to an activating group) is 1. The first kappa shape index (κ1) is 15.3. The van der Waals surface area contributed by atoms with Crippen molar-refractivity contribution in [3.63, 3.8) is 0 Å². The Labute approximate surface area is 119 Å². The van der Waals surface area contributed by atoms with Gasteiger partial charge in [0.15, 0.2) is 0 Å². The second kappa shape index (κ2) is 6.98. The van der Waals surface area contributed by atoms with Gasteiger partial charge in [-0.1, -0.05) is 15.9 Å². The lowest BCUT2D eigenvalue weighted by atomic mass is 10.3. The minimum Gasteiger partial charge on any atom is -0.497 e. The van der Waals surface area contributed by atoms with E-state index in [2.05, 4.69) is 21.2 Å². The number of hydrogen-bond acceptors (Lipinski definition) is 3. The Morgan fingerprint density at radius 2 is 2.11 bits per heavy atom. The lowest BCUT2D eigenvalue weighted by Gasteiger charge is -2.19. The van der Waals surface area contributed by atoms with Crippen LogP contribution in [0.3, 0.4) is 0 Å². The molecule has 0 unspecified atom stereocenters. The summed E-state index contributed by atoms with van der Waals surface area (Å²) in [5.74, 6) is -0.463. The van der Waals surface area contributed by atoms with Crippen molar-refractivity contribution in [3.8, 4) is 5.75 Å². The van der Waals surface area contributed by atoms with Gasteiger partial charge >= 0.3 is 12.0 Å². The molecule has 0 bridgehead atoms. The smallest absolute Gasteiger partial charge is 0.323 e. The number of urea groups is 1. The second-order valence-electron chi connectivity index (χ2n) is 3.72. The zero-order valence-electron chi connectivity index (χ0n) is 10.6. The van der Waals surface area contributed by atoms with Crippen LogP contribution < -0.4 is 10.1 Å². The number of carbonyl (C=O) groups is 2. The van der Waals surface area contributed by atoms with Gasteiger partial charge in [0, 0.05) is 22.8 Å². The summed E-state index contributed by atoms with van der Waals surface area (Å²) in [6, 6.07) is 4.64. The molecular formula is C12H15BrN2O4. The number of anilines is 1. The molecule has 2 amide bonds. The fourth-order valence-electron chi connectivity index (χ4n) is 1.45. The number of rotatable bonds is 5. The van der Waals surface area contributed by atoms with Crippen molar-refractivity contribution in [2.45, 2.75) is 6.92 Å². The lowest BCUT2D eigenvalue weighted by Crippen LogP contribution is -2.38. The van der Waals surface area contributed by atoms with Crippen molar-refractivity contribution in [2.75, 3.05) is 25.5 Å².